The number of hydrogen-bond donors (Lipinski definition) is 1. The third kappa shape index (κ3) is 4.05. The van der Waals surface area contributed by atoms with Gasteiger partial charge in [0.25, 0.3) is 0 Å². The van der Waals surface area contributed by atoms with Crippen LogP contribution in [0, 0.1) is 0 Å². The van der Waals surface area contributed by atoms with Gasteiger partial charge in [-0.25, -0.2) is 18.4 Å². The Balaban J connectivity index is 1.43. The Hall–Kier alpha value is -2.77. The summed E-state index contributed by atoms with van der Waals surface area (Å²) in [6.45, 7) is 1.78. The molecule has 2 heterocycles. The van der Waals surface area contributed by atoms with E-state index in [1.54, 1.807) is 16.4 Å². The summed E-state index contributed by atoms with van der Waals surface area (Å²) >= 11 is 0. The first-order valence-electron chi connectivity index (χ1n) is 9.33. The zero-order chi connectivity index (χ0) is 19.4. The third-order valence-corrected chi connectivity index (χ3v) is 6.75. The molecule has 144 valence electrons. The highest BCUT2D eigenvalue weighted by Gasteiger charge is 2.26. The molecule has 0 radical (unpaired) electrons. The first-order chi connectivity index (χ1) is 13.6. The number of sulfonamides is 1. The van der Waals surface area contributed by atoms with Gasteiger partial charge in [-0.3, -0.25) is 0 Å². The lowest BCUT2D eigenvalue weighted by Gasteiger charge is -2.15. The van der Waals surface area contributed by atoms with Crippen molar-refractivity contribution in [2.24, 2.45) is 0 Å². The number of nitrogens with zero attached hydrogens (tertiary/aromatic N) is 3. The van der Waals surface area contributed by atoms with Gasteiger partial charge in [0.2, 0.25) is 10.0 Å². The Morgan fingerprint density at radius 2 is 1.64 bits per heavy atom. The van der Waals surface area contributed by atoms with Gasteiger partial charge in [-0.15, -0.1) is 0 Å². The van der Waals surface area contributed by atoms with Crippen molar-refractivity contribution in [3.05, 3.63) is 72.6 Å². The van der Waals surface area contributed by atoms with Crippen LogP contribution in [0.1, 0.15) is 18.4 Å². The predicted molar refractivity (Wildman–Crippen MR) is 109 cm³/mol. The lowest BCUT2D eigenvalue weighted by atomic mass is 10.1. The van der Waals surface area contributed by atoms with Crippen LogP contribution in [0.2, 0.25) is 0 Å². The van der Waals surface area contributed by atoms with Crippen molar-refractivity contribution in [2.45, 2.75) is 24.3 Å². The summed E-state index contributed by atoms with van der Waals surface area (Å²) in [5.74, 6) is 0.725. The summed E-state index contributed by atoms with van der Waals surface area (Å²) in [6.07, 6.45) is 3.41. The van der Waals surface area contributed by atoms with Crippen molar-refractivity contribution in [1.29, 1.82) is 0 Å². The summed E-state index contributed by atoms with van der Waals surface area (Å²) in [5.41, 5.74) is 2.87. The van der Waals surface area contributed by atoms with Gasteiger partial charge in [-0.2, -0.15) is 4.31 Å². The SMILES string of the molecule is O=S(=O)(c1ccc(CNc2cc(-c3ccccc3)ncn2)cc1)N1CCCC1. The summed E-state index contributed by atoms with van der Waals surface area (Å²) < 4.78 is 26.7. The summed E-state index contributed by atoms with van der Waals surface area (Å²) in [7, 11) is -3.37. The molecule has 0 amide bonds. The molecular weight excluding hydrogens is 372 g/mol. The molecule has 0 aliphatic carbocycles. The third-order valence-electron chi connectivity index (χ3n) is 4.84. The Morgan fingerprint density at radius 3 is 2.36 bits per heavy atom. The number of nitrogens with one attached hydrogen (secondary N) is 1. The van der Waals surface area contributed by atoms with Gasteiger partial charge in [-0.1, -0.05) is 42.5 Å². The van der Waals surface area contributed by atoms with E-state index in [2.05, 4.69) is 15.3 Å². The summed E-state index contributed by atoms with van der Waals surface area (Å²) in [4.78, 5) is 8.94. The predicted octanol–water partition coefficient (Wildman–Crippen LogP) is 3.54. The molecule has 1 saturated heterocycles. The maximum atomic E-state index is 12.6. The molecule has 1 aliphatic heterocycles. The van der Waals surface area contributed by atoms with Gasteiger partial charge >= 0.3 is 0 Å². The molecule has 1 N–H and O–H groups in total. The van der Waals surface area contributed by atoms with Crippen LogP contribution in [-0.4, -0.2) is 35.8 Å². The molecule has 3 aromatic rings. The van der Waals surface area contributed by atoms with Gasteiger partial charge < -0.3 is 5.32 Å². The van der Waals surface area contributed by atoms with E-state index in [4.69, 9.17) is 0 Å². The van der Waals surface area contributed by atoms with Crippen molar-refractivity contribution in [3.8, 4) is 11.3 Å². The van der Waals surface area contributed by atoms with Gasteiger partial charge in [0.15, 0.2) is 0 Å². The quantitative estimate of drug-likeness (QED) is 0.692. The number of aromatic nitrogens is 2. The number of benzene rings is 2. The minimum atomic E-state index is -3.37. The molecule has 1 fully saturated rings. The van der Waals surface area contributed by atoms with Crippen molar-refractivity contribution in [1.82, 2.24) is 14.3 Å². The van der Waals surface area contributed by atoms with E-state index < -0.39 is 10.0 Å². The second-order valence-corrected chi connectivity index (χ2v) is 8.70. The highest BCUT2D eigenvalue weighted by molar-refractivity contribution is 7.89. The van der Waals surface area contributed by atoms with Crippen molar-refractivity contribution < 1.29 is 8.42 Å². The number of hydrogen-bond acceptors (Lipinski definition) is 5. The fourth-order valence-electron chi connectivity index (χ4n) is 3.27. The van der Waals surface area contributed by atoms with Gasteiger partial charge in [0, 0.05) is 31.3 Å². The van der Waals surface area contributed by atoms with Crippen LogP contribution >= 0.6 is 0 Å². The second kappa shape index (κ2) is 8.08. The average molecular weight is 395 g/mol. The van der Waals surface area contributed by atoms with E-state index in [1.165, 1.54) is 6.33 Å². The highest BCUT2D eigenvalue weighted by atomic mass is 32.2. The number of rotatable bonds is 6. The standard InChI is InChI=1S/C21H22N4O2S/c26-28(27,25-12-4-5-13-25)19-10-8-17(9-11-19)15-22-21-14-20(23-16-24-21)18-6-2-1-3-7-18/h1-3,6-11,14,16H,4-5,12-13,15H2,(H,22,23,24). The number of anilines is 1. The average Bonchev–Trinajstić information content (AvgIpc) is 3.29. The minimum absolute atomic E-state index is 0.353. The van der Waals surface area contributed by atoms with E-state index in [1.807, 2.05) is 48.5 Å². The molecule has 0 unspecified atom stereocenters. The molecule has 2 aromatic carbocycles. The van der Waals surface area contributed by atoms with Gasteiger partial charge in [0.05, 0.1) is 10.6 Å². The topological polar surface area (TPSA) is 75.2 Å². The normalized spacial score (nSPS) is 14.9. The van der Waals surface area contributed by atoms with Crippen LogP contribution in [0.5, 0.6) is 0 Å². The molecular formula is C21H22N4O2S. The van der Waals surface area contributed by atoms with Crippen molar-refractivity contribution in [2.75, 3.05) is 18.4 Å². The van der Waals surface area contributed by atoms with E-state index >= 15 is 0 Å². The van der Waals surface area contributed by atoms with Crippen molar-refractivity contribution >= 4 is 15.8 Å². The maximum Gasteiger partial charge on any atom is 0.243 e. The Kier molecular flexibility index (Phi) is 5.36. The second-order valence-electron chi connectivity index (χ2n) is 6.76. The molecule has 7 heteroatoms. The van der Waals surface area contributed by atoms with Crippen LogP contribution < -0.4 is 5.32 Å². The lowest BCUT2D eigenvalue weighted by molar-refractivity contribution is 0.477. The summed E-state index contributed by atoms with van der Waals surface area (Å²) in [6, 6.07) is 18.9. The van der Waals surface area contributed by atoms with Crippen molar-refractivity contribution in [3.63, 3.8) is 0 Å². The van der Waals surface area contributed by atoms with Crippen LogP contribution in [-0.2, 0) is 16.6 Å². The Morgan fingerprint density at radius 1 is 0.929 bits per heavy atom. The molecule has 4 rings (SSSR count). The zero-order valence-electron chi connectivity index (χ0n) is 15.5. The Labute approximate surface area is 165 Å². The van der Waals surface area contributed by atoms with Crippen LogP contribution in [0.15, 0.2) is 71.9 Å². The molecule has 0 bridgehead atoms. The lowest BCUT2D eigenvalue weighted by Crippen LogP contribution is -2.27. The first kappa shape index (κ1) is 18.6. The fourth-order valence-corrected chi connectivity index (χ4v) is 4.79. The molecule has 6 nitrogen and oxygen atoms in total. The van der Waals surface area contributed by atoms with E-state index in [9.17, 15) is 8.42 Å². The molecule has 1 aliphatic rings. The van der Waals surface area contributed by atoms with E-state index in [-0.39, 0.29) is 0 Å². The smallest absolute Gasteiger partial charge is 0.243 e. The maximum absolute atomic E-state index is 12.6. The largest absolute Gasteiger partial charge is 0.366 e. The van der Waals surface area contributed by atoms with Gasteiger partial charge in [-0.05, 0) is 30.5 Å². The molecule has 1 aromatic heterocycles. The summed E-state index contributed by atoms with van der Waals surface area (Å²) in [5, 5.41) is 3.27. The van der Waals surface area contributed by atoms with Crippen LogP contribution in [0.25, 0.3) is 11.3 Å². The van der Waals surface area contributed by atoms with Crippen LogP contribution in [0.4, 0.5) is 5.82 Å². The molecule has 28 heavy (non-hydrogen) atoms. The molecule has 0 atom stereocenters. The van der Waals surface area contributed by atoms with E-state index in [0.717, 1.165) is 35.5 Å². The van der Waals surface area contributed by atoms with Crippen LogP contribution in [0.3, 0.4) is 0 Å². The monoisotopic (exact) mass is 394 g/mol. The minimum Gasteiger partial charge on any atom is -0.366 e. The Bertz CT molecular complexity index is 1030. The zero-order valence-corrected chi connectivity index (χ0v) is 16.3. The highest BCUT2D eigenvalue weighted by Crippen LogP contribution is 2.22. The molecule has 0 saturated carbocycles. The van der Waals surface area contributed by atoms with Gasteiger partial charge in [0.1, 0.15) is 12.1 Å². The van der Waals surface area contributed by atoms with E-state index in [0.29, 0.717) is 24.5 Å². The fraction of sp³-hybridized carbons (Fsp3) is 0.238. The molecule has 0 spiro atoms. The first-order valence-corrected chi connectivity index (χ1v) is 10.8.